The molecule has 0 bridgehead atoms. The van der Waals surface area contributed by atoms with Gasteiger partial charge in [0.2, 0.25) is 0 Å². The summed E-state index contributed by atoms with van der Waals surface area (Å²) in [6, 6.07) is 14.3. The molecule has 20 atom stereocenters. The normalized spacial score (nSPS) is 50.7. The lowest BCUT2D eigenvalue weighted by atomic mass is 9.57. The number of hydroxylamine groups is 2. The fourth-order valence-electron chi connectivity index (χ4n) is 20.2. The smallest absolute Gasteiger partial charge is 0.0824 e. The van der Waals surface area contributed by atoms with Gasteiger partial charge in [0.25, 0.3) is 0 Å². The fourth-order valence-corrected chi connectivity index (χ4v) is 20.2. The van der Waals surface area contributed by atoms with Crippen molar-refractivity contribution >= 4 is 0 Å². The zero-order valence-electron chi connectivity index (χ0n) is 40.4. The molecule has 11 fully saturated rings. The summed E-state index contributed by atoms with van der Waals surface area (Å²) in [6.45, 7) is 0. The molecular weight excluding hydrogens is 797 g/mol. The Morgan fingerprint density at radius 2 is 0.692 bits per heavy atom. The van der Waals surface area contributed by atoms with Crippen molar-refractivity contribution < 1.29 is 4.84 Å². The van der Waals surface area contributed by atoms with E-state index in [1.165, 1.54) is 180 Å². The average molecular weight is 883 g/mol. The van der Waals surface area contributed by atoms with Crippen LogP contribution in [0.25, 0.3) is 0 Å². The van der Waals surface area contributed by atoms with Crippen LogP contribution >= 0.6 is 0 Å². The van der Waals surface area contributed by atoms with Crippen LogP contribution in [0, 0.1) is 140 Å². The minimum absolute atomic E-state index is 0.193. The number of rotatable bonds is 6. The predicted octanol–water partition coefficient (Wildman–Crippen LogP) is 13.3. The monoisotopic (exact) mass is 883 g/mol. The lowest BCUT2D eigenvalue weighted by molar-refractivity contribution is -0.329. The molecular formula is C58H86N6O. The molecule has 2 heterocycles. The third-order valence-corrected chi connectivity index (χ3v) is 22.6. The Balaban J connectivity index is 0.923. The highest BCUT2D eigenvalue weighted by Gasteiger charge is 2.63. The molecule has 20 unspecified atom stereocenters. The summed E-state index contributed by atoms with van der Waals surface area (Å²) in [7, 11) is 0. The van der Waals surface area contributed by atoms with E-state index in [4.69, 9.17) is 4.84 Å². The van der Waals surface area contributed by atoms with Crippen molar-refractivity contribution in [3.05, 3.63) is 0 Å². The van der Waals surface area contributed by atoms with Gasteiger partial charge in [0, 0.05) is 53.9 Å². The number of nitrogens with zero attached hydrogens (tertiary/aromatic N) is 6. The molecule has 9 saturated carbocycles. The molecule has 7 nitrogen and oxygen atoms in total. The molecule has 2 saturated heterocycles. The van der Waals surface area contributed by atoms with Crippen molar-refractivity contribution in [1.29, 1.82) is 21.0 Å². The first-order valence-corrected chi connectivity index (χ1v) is 28.9. The zero-order chi connectivity index (χ0) is 44.0. The third kappa shape index (κ3) is 8.56. The molecule has 65 heavy (non-hydrogen) atoms. The second-order valence-corrected chi connectivity index (χ2v) is 25.3. The third-order valence-electron chi connectivity index (χ3n) is 22.6. The molecule has 11 rings (SSSR count). The van der Waals surface area contributed by atoms with Crippen LogP contribution in [-0.4, -0.2) is 46.3 Å². The number of fused-ring (bicyclic) bond motifs is 7. The Hall–Kier alpha value is -2.16. The van der Waals surface area contributed by atoms with Crippen LogP contribution in [0.4, 0.5) is 0 Å². The predicted molar refractivity (Wildman–Crippen MR) is 254 cm³/mol. The molecule has 0 N–H and O–H groups in total. The highest BCUT2D eigenvalue weighted by molar-refractivity contribution is 5.14. The van der Waals surface area contributed by atoms with Crippen LogP contribution in [0.5, 0.6) is 0 Å². The number of hydrogen-bond donors (Lipinski definition) is 0. The van der Waals surface area contributed by atoms with Crippen molar-refractivity contribution in [3.8, 4) is 24.3 Å². The van der Waals surface area contributed by atoms with Crippen LogP contribution in [0.1, 0.15) is 205 Å². The second-order valence-electron chi connectivity index (χ2n) is 25.3. The molecule has 0 aromatic carbocycles. The maximum Gasteiger partial charge on any atom is 0.0824 e. The minimum atomic E-state index is 0.193. The van der Waals surface area contributed by atoms with Crippen LogP contribution in [0.15, 0.2) is 0 Å². The van der Waals surface area contributed by atoms with Gasteiger partial charge in [-0.2, -0.15) is 26.1 Å². The highest BCUT2D eigenvalue weighted by Crippen LogP contribution is 2.61. The first-order valence-electron chi connectivity index (χ1n) is 28.9. The first kappa shape index (κ1) is 45.3. The molecule has 0 spiro atoms. The van der Waals surface area contributed by atoms with Crippen LogP contribution in [-0.2, 0) is 4.84 Å². The maximum atomic E-state index is 10.6. The second kappa shape index (κ2) is 20.1. The maximum absolute atomic E-state index is 10.6. The summed E-state index contributed by atoms with van der Waals surface area (Å²) >= 11 is 0. The van der Waals surface area contributed by atoms with Gasteiger partial charge in [-0.05, 0) is 199 Å². The lowest BCUT2D eigenvalue weighted by Gasteiger charge is -2.60. The molecule has 0 aromatic rings. The minimum Gasteiger partial charge on any atom is -0.295 e. The van der Waals surface area contributed by atoms with E-state index in [2.05, 4.69) is 34.2 Å². The summed E-state index contributed by atoms with van der Waals surface area (Å²) in [5.41, 5.74) is 0. The van der Waals surface area contributed by atoms with Gasteiger partial charge in [-0.25, -0.2) is 0 Å². The van der Waals surface area contributed by atoms with Crippen LogP contribution in [0.2, 0.25) is 0 Å². The molecule has 0 aromatic heterocycles. The van der Waals surface area contributed by atoms with Crippen LogP contribution in [0.3, 0.4) is 0 Å². The van der Waals surface area contributed by atoms with Gasteiger partial charge in [-0.3, -0.25) is 9.74 Å². The molecule has 9 aliphatic carbocycles. The van der Waals surface area contributed by atoms with Gasteiger partial charge in [-0.1, -0.05) is 77.0 Å². The molecule has 2 aliphatic heterocycles. The van der Waals surface area contributed by atoms with Crippen molar-refractivity contribution in [2.45, 2.75) is 242 Å². The van der Waals surface area contributed by atoms with E-state index in [0.29, 0.717) is 95.5 Å². The average Bonchev–Trinajstić information content (AvgIpc) is 3.72. The summed E-state index contributed by atoms with van der Waals surface area (Å²) < 4.78 is 0. The van der Waals surface area contributed by atoms with E-state index in [9.17, 15) is 21.0 Å². The van der Waals surface area contributed by atoms with Gasteiger partial charge in [0.1, 0.15) is 0 Å². The van der Waals surface area contributed by atoms with Crippen LogP contribution < -0.4 is 0 Å². The Morgan fingerprint density at radius 1 is 0.323 bits per heavy atom. The van der Waals surface area contributed by atoms with Crippen molar-refractivity contribution in [3.63, 3.8) is 0 Å². The van der Waals surface area contributed by atoms with E-state index in [0.717, 1.165) is 37.5 Å². The molecule has 0 radical (unpaired) electrons. The summed E-state index contributed by atoms with van der Waals surface area (Å²) in [5.74, 6) is 8.23. The van der Waals surface area contributed by atoms with Crippen molar-refractivity contribution in [2.24, 2.45) is 94.7 Å². The van der Waals surface area contributed by atoms with E-state index < -0.39 is 0 Å². The zero-order valence-corrected chi connectivity index (χ0v) is 40.4. The summed E-state index contributed by atoms with van der Waals surface area (Å²) in [5, 5.41) is 44.9. The van der Waals surface area contributed by atoms with Gasteiger partial charge in [0.05, 0.1) is 30.4 Å². The highest BCUT2D eigenvalue weighted by atomic mass is 16.7. The first-order chi connectivity index (χ1) is 32.1. The van der Waals surface area contributed by atoms with E-state index in [1.54, 1.807) is 0 Å². The van der Waals surface area contributed by atoms with E-state index in [-0.39, 0.29) is 23.7 Å². The molecule has 7 heteroatoms. The van der Waals surface area contributed by atoms with Gasteiger partial charge < -0.3 is 0 Å². The van der Waals surface area contributed by atoms with Gasteiger partial charge >= 0.3 is 0 Å². The van der Waals surface area contributed by atoms with E-state index >= 15 is 0 Å². The summed E-state index contributed by atoms with van der Waals surface area (Å²) in [4.78, 5) is 10.9. The van der Waals surface area contributed by atoms with Crippen molar-refractivity contribution in [2.75, 3.05) is 0 Å². The number of likely N-dealkylation sites (tertiary alicyclic amines) is 1. The summed E-state index contributed by atoms with van der Waals surface area (Å²) in [6.07, 6.45) is 40.4. The van der Waals surface area contributed by atoms with Gasteiger partial charge in [-0.15, -0.1) is 0 Å². The van der Waals surface area contributed by atoms with Crippen molar-refractivity contribution in [1.82, 2.24) is 9.96 Å². The van der Waals surface area contributed by atoms with Gasteiger partial charge in [0.15, 0.2) is 0 Å². The SMILES string of the molecule is N#CC1CCCCC1C1CC(C2CCCCC2C#N)CC(N2OC3CCCCC3C3C4C5CCCCC5N(C5CC(C6CCCCC6C#N)CC(C6CCCCC6C#N)C5)C4CCC32)C1. The lowest BCUT2D eigenvalue weighted by Crippen LogP contribution is -2.64. The molecule has 0 amide bonds. The number of hydrogen-bond acceptors (Lipinski definition) is 7. The van der Waals surface area contributed by atoms with E-state index in [1.807, 2.05) is 0 Å². The largest absolute Gasteiger partial charge is 0.295 e. The Labute approximate surface area is 395 Å². The quantitative estimate of drug-likeness (QED) is 0.261. The Kier molecular flexibility index (Phi) is 14.0. The fraction of sp³-hybridized carbons (Fsp3) is 0.931. The Morgan fingerprint density at radius 3 is 1.17 bits per heavy atom. The topological polar surface area (TPSA) is 111 Å². The number of nitriles is 4. The Bertz CT molecular complexity index is 1720. The molecule has 354 valence electrons. The molecule has 11 aliphatic rings. The standard InChI is InChI=1S/C58H86N6O/c59-33-37-13-1-5-17-47(37)41-27-42(48-18-6-2-14-38(48)34-60)30-45(29-41)63-53-23-11-9-21-51(53)57-54(63)25-26-55-58(57)52-22-10-12-24-56(52)65-64(55)46-31-43(49-19-7-3-15-39(49)35-61)28-44(32-46)50-20-8-4-16-40(50)36-62/h37-58H,1-32H2.